The smallest absolute Gasteiger partial charge is 0.486 e. The van der Waals surface area contributed by atoms with Crippen molar-refractivity contribution >= 4 is 17.5 Å². The van der Waals surface area contributed by atoms with Gasteiger partial charge in [0.15, 0.2) is 6.23 Å². The lowest BCUT2D eigenvalue weighted by atomic mass is 9.79. The number of carbonyl (C=O) groups excluding carboxylic acids is 1. The molecule has 0 aliphatic carbocycles. The SMILES string of the molecule is CCCCCC1(CCc2ccc(Cl)cc2)CC(NCc2cncn2C(OC(F)(F)F)c2ccccc2)c2cccc(C(N)=O)c2O1. The van der Waals surface area contributed by atoms with Crippen LogP contribution in [0.1, 0.15) is 90.5 Å². The molecule has 1 aromatic heterocycles. The van der Waals surface area contributed by atoms with E-state index in [0.717, 1.165) is 43.2 Å². The Hall–Kier alpha value is -3.86. The van der Waals surface area contributed by atoms with Gasteiger partial charge in [-0.2, -0.15) is 0 Å². The molecule has 244 valence electrons. The van der Waals surface area contributed by atoms with Crippen LogP contribution in [-0.4, -0.2) is 27.4 Å². The minimum atomic E-state index is -4.87. The third kappa shape index (κ3) is 8.29. The van der Waals surface area contributed by atoms with Crippen LogP contribution in [0, 0.1) is 0 Å². The molecular formula is C35H38ClF3N4O3. The fourth-order valence-electron chi connectivity index (χ4n) is 6.15. The van der Waals surface area contributed by atoms with E-state index in [1.807, 2.05) is 30.3 Å². The lowest BCUT2D eigenvalue weighted by Crippen LogP contribution is -2.45. The van der Waals surface area contributed by atoms with Gasteiger partial charge < -0.3 is 20.4 Å². The average molecular weight is 655 g/mol. The fourth-order valence-corrected chi connectivity index (χ4v) is 6.27. The van der Waals surface area contributed by atoms with Crippen molar-refractivity contribution in [3.63, 3.8) is 0 Å². The van der Waals surface area contributed by atoms with Gasteiger partial charge in [0.1, 0.15) is 11.4 Å². The monoisotopic (exact) mass is 654 g/mol. The molecule has 5 rings (SSSR count). The van der Waals surface area contributed by atoms with E-state index in [2.05, 4.69) is 22.0 Å². The molecule has 1 amide bonds. The van der Waals surface area contributed by atoms with Gasteiger partial charge in [-0.25, -0.2) is 4.98 Å². The molecule has 3 N–H and O–H groups in total. The van der Waals surface area contributed by atoms with E-state index < -0.39 is 24.1 Å². The largest absolute Gasteiger partial charge is 0.524 e. The summed E-state index contributed by atoms with van der Waals surface area (Å²) in [5.74, 6) is -0.145. The Morgan fingerprint density at radius 2 is 1.87 bits per heavy atom. The van der Waals surface area contributed by atoms with Crippen molar-refractivity contribution in [2.45, 2.75) is 82.6 Å². The summed E-state index contributed by atoms with van der Waals surface area (Å²) >= 11 is 6.12. The van der Waals surface area contributed by atoms with Gasteiger partial charge in [-0.1, -0.05) is 86.0 Å². The quantitative estimate of drug-likeness (QED) is 0.134. The molecule has 0 bridgehead atoms. The topological polar surface area (TPSA) is 91.4 Å². The summed E-state index contributed by atoms with van der Waals surface area (Å²) in [4.78, 5) is 16.7. The molecule has 1 aliphatic rings. The number of nitrogens with zero attached hydrogens (tertiary/aromatic N) is 2. The van der Waals surface area contributed by atoms with E-state index in [1.165, 1.54) is 17.1 Å². The molecule has 2 heterocycles. The first kappa shape index (κ1) is 33.5. The van der Waals surface area contributed by atoms with E-state index >= 15 is 0 Å². The van der Waals surface area contributed by atoms with Crippen molar-refractivity contribution in [3.8, 4) is 5.75 Å². The number of carbonyl (C=O) groups is 1. The van der Waals surface area contributed by atoms with Crippen LogP contribution in [0.15, 0.2) is 85.3 Å². The maximum absolute atomic E-state index is 13.6. The second-order valence-corrected chi connectivity index (χ2v) is 12.1. The normalized spacial score (nSPS) is 18.5. The van der Waals surface area contributed by atoms with Gasteiger partial charge in [0, 0.05) is 41.4 Å². The van der Waals surface area contributed by atoms with E-state index in [1.54, 1.807) is 42.5 Å². The number of benzene rings is 3. The Labute approximate surface area is 271 Å². The van der Waals surface area contributed by atoms with Gasteiger partial charge in [0.05, 0.1) is 17.6 Å². The number of alkyl halides is 3. The molecular weight excluding hydrogens is 617 g/mol. The molecule has 0 fully saturated rings. The van der Waals surface area contributed by atoms with E-state index in [-0.39, 0.29) is 12.6 Å². The summed E-state index contributed by atoms with van der Waals surface area (Å²) in [6.07, 6.45) is 2.25. The van der Waals surface area contributed by atoms with Gasteiger partial charge in [0.25, 0.3) is 5.91 Å². The Kier molecular flexibility index (Phi) is 10.7. The van der Waals surface area contributed by atoms with E-state index in [0.29, 0.717) is 40.4 Å². The number of ether oxygens (including phenoxy) is 2. The third-order valence-electron chi connectivity index (χ3n) is 8.46. The highest BCUT2D eigenvalue weighted by molar-refractivity contribution is 6.30. The Morgan fingerprint density at radius 1 is 1.11 bits per heavy atom. The molecule has 3 unspecified atom stereocenters. The standard InChI is InChI=1S/C35H38ClF3N4O3/c1-2-3-7-18-34(19-17-24-13-15-26(36)16-14-24)20-30(28-11-8-12-29(32(40)44)31(28)45-34)42-22-27-21-41-23-43(27)33(46-35(37,38)39)25-9-5-4-6-10-25/h4-6,8-16,21,23,30,33,42H,2-3,7,17-20,22H2,1H3,(H2,40,44). The Bertz CT molecular complexity index is 1600. The number of nitrogens with two attached hydrogens (primary N) is 1. The van der Waals surface area contributed by atoms with Gasteiger partial charge in [-0.05, 0) is 49.4 Å². The molecule has 0 radical (unpaired) electrons. The van der Waals surface area contributed by atoms with Crippen molar-refractivity contribution in [2.24, 2.45) is 5.73 Å². The van der Waals surface area contributed by atoms with Gasteiger partial charge >= 0.3 is 6.36 Å². The predicted octanol–water partition coefficient (Wildman–Crippen LogP) is 8.28. The van der Waals surface area contributed by atoms with Crippen molar-refractivity contribution in [3.05, 3.63) is 118 Å². The zero-order valence-electron chi connectivity index (χ0n) is 25.6. The van der Waals surface area contributed by atoms with Crippen molar-refractivity contribution < 1.29 is 27.4 Å². The number of nitrogens with one attached hydrogen (secondary N) is 1. The molecule has 0 spiro atoms. The zero-order chi connectivity index (χ0) is 32.7. The van der Waals surface area contributed by atoms with Crippen LogP contribution in [-0.2, 0) is 17.7 Å². The van der Waals surface area contributed by atoms with Crippen molar-refractivity contribution in [1.29, 1.82) is 0 Å². The molecule has 1 aliphatic heterocycles. The van der Waals surface area contributed by atoms with Crippen LogP contribution in [0.2, 0.25) is 5.02 Å². The molecule has 7 nitrogen and oxygen atoms in total. The highest BCUT2D eigenvalue weighted by Gasteiger charge is 2.42. The number of aromatic nitrogens is 2. The number of para-hydroxylation sites is 1. The van der Waals surface area contributed by atoms with E-state index in [9.17, 15) is 18.0 Å². The Balaban J connectivity index is 1.47. The number of hydrogen-bond donors (Lipinski definition) is 2. The first-order chi connectivity index (χ1) is 22.1. The molecule has 0 saturated heterocycles. The summed E-state index contributed by atoms with van der Waals surface area (Å²) in [6, 6.07) is 21.0. The highest BCUT2D eigenvalue weighted by Crippen LogP contribution is 2.46. The lowest BCUT2D eigenvalue weighted by molar-refractivity contribution is -0.348. The average Bonchev–Trinajstić information content (AvgIpc) is 3.50. The van der Waals surface area contributed by atoms with Gasteiger partial charge in [0.2, 0.25) is 0 Å². The number of amides is 1. The van der Waals surface area contributed by atoms with Crippen LogP contribution >= 0.6 is 11.6 Å². The number of primary amides is 1. The number of rotatable bonds is 14. The minimum Gasteiger partial charge on any atom is -0.486 e. The summed E-state index contributed by atoms with van der Waals surface area (Å²) in [6.45, 7) is 2.32. The van der Waals surface area contributed by atoms with Crippen LogP contribution in [0.25, 0.3) is 0 Å². The fraction of sp³-hybridized carbons (Fsp3) is 0.371. The highest BCUT2D eigenvalue weighted by atomic mass is 35.5. The number of aryl methyl sites for hydroxylation is 1. The minimum absolute atomic E-state index is 0.178. The van der Waals surface area contributed by atoms with Crippen LogP contribution in [0.4, 0.5) is 13.2 Å². The van der Waals surface area contributed by atoms with Crippen molar-refractivity contribution in [2.75, 3.05) is 0 Å². The summed E-state index contributed by atoms with van der Waals surface area (Å²) < 4.78 is 53.5. The van der Waals surface area contributed by atoms with Gasteiger partial charge in [-0.15, -0.1) is 13.2 Å². The van der Waals surface area contributed by atoms with Gasteiger partial charge in [-0.3, -0.25) is 9.53 Å². The van der Waals surface area contributed by atoms with Crippen LogP contribution < -0.4 is 15.8 Å². The Morgan fingerprint density at radius 3 is 2.57 bits per heavy atom. The van der Waals surface area contributed by atoms with E-state index in [4.69, 9.17) is 22.1 Å². The summed E-state index contributed by atoms with van der Waals surface area (Å²) in [5.41, 5.74) is 8.19. The second-order valence-electron chi connectivity index (χ2n) is 11.7. The first-order valence-corrected chi connectivity index (χ1v) is 15.8. The van der Waals surface area contributed by atoms with Crippen LogP contribution in [0.3, 0.4) is 0 Å². The number of fused-ring (bicyclic) bond motifs is 1. The number of unbranched alkanes of at least 4 members (excludes halogenated alkanes) is 2. The summed E-state index contributed by atoms with van der Waals surface area (Å²) in [7, 11) is 0. The number of hydrogen-bond acceptors (Lipinski definition) is 5. The maximum atomic E-state index is 13.6. The lowest BCUT2D eigenvalue weighted by Gasteiger charge is -2.44. The zero-order valence-corrected chi connectivity index (χ0v) is 26.4. The molecule has 0 saturated carbocycles. The summed E-state index contributed by atoms with van der Waals surface area (Å²) in [5, 5.41) is 4.22. The third-order valence-corrected chi connectivity index (χ3v) is 8.71. The first-order valence-electron chi connectivity index (χ1n) is 15.5. The molecule has 11 heteroatoms. The number of imidazole rings is 1. The predicted molar refractivity (Wildman–Crippen MR) is 170 cm³/mol. The molecule has 3 atom stereocenters. The molecule has 3 aromatic carbocycles. The molecule has 4 aromatic rings. The number of halogens is 4. The second kappa shape index (κ2) is 14.7. The van der Waals surface area contributed by atoms with Crippen LogP contribution in [0.5, 0.6) is 5.75 Å². The molecule has 46 heavy (non-hydrogen) atoms. The maximum Gasteiger partial charge on any atom is 0.524 e. The van der Waals surface area contributed by atoms with Crippen molar-refractivity contribution in [1.82, 2.24) is 14.9 Å².